The first-order valence-corrected chi connectivity index (χ1v) is 12.6. The maximum Gasteiger partial charge on any atom is 0.179 e. The lowest BCUT2D eigenvalue weighted by Crippen LogP contribution is -2.11. The van der Waals surface area contributed by atoms with Crippen molar-refractivity contribution in [1.29, 1.82) is 0 Å². The molecule has 0 saturated heterocycles. The first-order chi connectivity index (χ1) is 17.9. The molecule has 0 N–H and O–H groups in total. The number of anilines is 1. The molecule has 0 saturated carbocycles. The van der Waals surface area contributed by atoms with E-state index in [-0.39, 0.29) is 0 Å². The average molecular weight is 508 g/mol. The molecule has 2 aromatic heterocycles. The molecule has 1 aromatic carbocycles. The van der Waals surface area contributed by atoms with Crippen LogP contribution in [0.1, 0.15) is 63.7 Å². The predicted octanol–water partition coefficient (Wildman–Crippen LogP) is 7.20. The Bertz CT molecular complexity index is 1200. The van der Waals surface area contributed by atoms with Gasteiger partial charge in [0.15, 0.2) is 29.0 Å². The predicted molar refractivity (Wildman–Crippen MR) is 145 cm³/mol. The van der Waals surface area contributed by atoms with E-state index in [1.54, 1.807) is 7.11 Å². The highest BCUT2D eigenvalue weighted by Crippen LogP contribution is 2.28. The summed E-state index contributed by atoms with van der Waals surface area (Å²) in [6, 6.07) is 7.04. The lowest BCUT2D eigenvalue weighted by atomic mass is 10.2. The van der Waals surface area contributed by atoms with Crippen molar-refractivity contribution in [3.63, 3.8) is 0 Å². The molecule has 8 heteroatoms. The van der Waals surface area contributed by atoms with Crippen LogP contribution in [-0.4, -0.2) is 26.9 Å². The van der Waals surface area contributed by atoms with E-state index >= 15 is 0 Å². The molecular formula is C29H35F2N5O. The molecule has 4 rings (SSSR count). The molecular weight excluding hydrogens is 472 g/mol. The summed E-state index contributed by atoms with van der Waals surface area (Å²) < 4.78 is 31.5. The van der Waals surface area contributed by atoms with E-state index in [9.17, 15) is 8.78 Å². The number of halogens is 2. The summed E-state index contributed by atoms with van der Waals surface area (Å²) in [5.41, 5.74) is 2.14. The number of methoxy groups -OCH3 is 1. The molecule has 0 bridgehead atoms. The maximum atomic E-state index is 11.9. The molecule has 0 fully saturated rings. The van der Waals surface area contributed by atoms with Crippen molar-refractivity contribution in [1.82, 2.24) is 19.7 Å². The second-order valence-corrected chi connectivity index (χ2v) is 8.90. The minimum atomic E-state index is -0.799. The van der Waals surface area contributed by atoms with Crippen molar-refractivity contribution in [3.8, 4) is 5.75 Å². The molecule has 0 radical (unpaired) electrons. The number of allylic oxidation sites excluding steroid dienone is 2. The molecule has 0 spiro atoms. The molecule has 1 aliphatic heterocycles. The van der Waals surface area contributed by atoms with Gasteiger partial charge in [0.05, 0.1) is 7.11 Å². The summed E-state index contributed by atoms with van der Waals surface area (Å²) in [6.45, 7) is 7.27. The Kier molecular flexibility index (Phi) is 10.6. The monoisotopic (exact) mass is 507 g/mol. The number of hydrogen-bond donors (Lipinski definition) is 0. The zero-order valence-electron chi connectivity index (χ0n) is 22.0. The fourth-order valence-electron chi connectivity index (χ4n) is 3.68. The summed E-state index contributed by atoms with van der Waals surface area (Å²) in [6.07, 6.45) is 17.6. The zero-order valence-corrected chi connectivity index (χ0v) is 22.0. The number of rotatable bonds is 8. The largest absolute Gasteiger partial charge is 0.493 e. The highest BCUT2D eigenvalue weighted by molar-refractivity contribution is 5.69. The topological polar surface area (TPSA) is 56.1 Å². The molecule has 0 unspecified atom stereocenters. The van der Waals surface area contributed by atoms with Crippen LogP contribution in [0.4, 0.5) is 14.6 Å². The highest BCUT2D eigenvalue weighted by Gasteiger charge is 2.13. The molecule has 1 aliphatic rings. The lowest BCUT2D eigenvalue weighted by molar-refractivity contribution is 0.414. The van der Waals surface area contributed by atoms with Crippen LogP contribution >= 0.6 is 0 Å². The summed E-state index contributed by atoms with van der Waals surface area (Å²) >= 11 is 0. The third-order valence-electron chi connectivity index (χ3n) is 5.47. The Morgan fingerprint density at radius 2 is 1.89 bits per heavy atom. The van der Waals surface area contributed by atoms with Gasteiger partial charge in [-0.25, -0.2) is 23.4 Å². The van der Waals surface area contributed by atoms with Gasteiger partial charge in [0, 0.05) is 31.6 Å². The van der Waals surface area contributed by atoms with Crippen molar-refractivity contribution in [2.75, 3.05) is 12.0 Å². The zero-order chi connectivity index (χ0) is 26.6. The van der Waals surface area contributed by atoms with Gasteiger partial charge in [-0.15, -0.1) is 0 Å². The Morgan fingerprint density at radius 3 is 2.51 bits per heavy atom. The van der Waals surface area contributed by atoms with E-state index in [0.29, 0.717) is 0 Å². The van der Waals surface area contributed by atoms with Crippen molar-refractivity contribution >= 4 is 18.0 Å². The summed E-state index contributed by atoms with van der Waals surface area (Å²) in [5.74, 6) is 1.73. The van der Waals surface area contributed by atoms with Crippen LogP contribution in [0.25, 0.3) is 12.2 Å². The van der Waals surface area contributed by atoms with Gasteiger partial charge in [0.25, 0.3) is 0 Å². The first kappa shape index (κ1) is 27.8. The number of nitrogens with zero attached hydrogens (tertiary/aromatic N) is 5. The smallest absolute Gasteiger partial charge is 0.179 e. The number of unbranched alkanes of at least 4 members (excludes halogenated alkanes) is 1. The normalized spacial score (nSPS) is 12.7. The quantitative estimate of drug-likeness (QED) is 0.323. The van der Waals surface area contributed by atoms with Crippen LogP contribution in [0.15, 0.2) is 60.6 Å². The van der Waals surface area contributed by atoms with Crippen molar-refractivity contribution < 1.29 is 13.5 Å². The van der Waals surface area contributed by atoms with Crippen LogP contribution in [-0.2, 0) is 13.0 Å². The number of hydrogen-bond acceptors (Lipinski definition) is 5. The standard InChI is InChI=1S/C23H31N5O.C6H4F2/c1-5-6-8-13-27(17-18(2)3)23-20(29-4)15-19(16-24-23)11-12-21-25-22-10-7-9-14-28(22)26-21;7-5-3-1-2-4-6(5)8/h8,11-13,15-17H,5-7,9-10,14H2,1-4H3;1-4H/b12-11+,13-8-;. The third kappa shape index (κ3) is 8.37. The van der Waals surface area contributed by atoms with Gasteiger partial charge in [0.2, 0.25) is 0 Å². The van der Waals surface area contributed by atoms with Crippen LogP contribution in [0, 0.1) is 11.6 Å². The Balaban J connectivity index is 0.000000405. The van der Waals surface area contributed by atoms with Gasteiger partial charge in [-0.1, -0.05) is 37.1 Å². The van der Waals surface area contributed by atoms with Gasteiger partial charge in [-0.3, -0.25) is 0 Å². The van der Waals surface area contributed by atoms with Gasteiger partial charge < -0.3 is 9.64 Å². The maximum absolute atomic E-state index is 11.9. The summed E-state index contributed by atoms with van der Waals surface area (Å²) in [7, 11) is 1.68. The van der Waals surface area contributed by atoms with E-state index in [0.717, 1.165) is 66.7 Å². The van der Waals surface area contributed by atoms with Gasteiger partial charge >= 0.3 is 0 Å². The lowest BCUT2D eigenvalue weighted by Gasteiger charge is -2.18. The molecule has 0 aliphatic carbocycles. The minimum absolute atomic E-state index is 0.725. The molecule has 0 atom stereocenters. The average Bonchev–Trinajstić information content (AvgIpc) is 3.32. The second kappa shape index (κ2) is 14.1. The van der Waals surface area contributed by atoms with E-state index in [1.807, 2.05) is 34.0 Å². The highest BCUT2D eigenvalue weighted by atomic mass is 19.2. The fourth-order valence-corrected chi connectivity index (χ4v) is 3.68. The molecule has 37 heavy (non-hydrogen) atoms. The minimum Gasteiger partial charge on any atom is -0.493 e. The fraction of sp³-hybridized carbons (Fsp3) is 0.345. The van der Waals surface area contributed by atoms with Gasteiger partial charge in [-0.2, -0.15) is 5.10 Å². The van der Waals surface area contributed by atoms with Gasteiger partial charge in [-0.05, 0) is 69.0 Å². The van der Waals surface area contributed by atoms with Crippen LogP contribution < -0.4 is 9.64 Å². The SMILES string of the molecule is CCC/C=C\N(C=C(C)C)c1ncc(/C=C/c2nc3n(n2)CCCC3)cc1OC.Fc1ccccc1F. The van der Waals surface area contributed by atoms with E-state index in [2.05, 4.69) is 54.3 Å². The van der Waals surface area contributed by atoms with Crippen LogP contribution in [0.3, 0.4) is 0 Å². The number of ether oxygens (including phenoxy) is 1. The van der Waals surface area contributed by atoms with E-state index in [4.69, 9.17) is 4.74 Å². The number of aromatic nitrogens is 4. The van der Waals surface area contributed by atoms with E-state index in [1.165, 1.54) is 30.5 Å². The van der Waals surface area contributed by atoms with Crippen molar-refractivity contribution in [3.05, 3.63) is 89.4 Å². The summed E-state index contributed by atoms with van der Waals surface area (Å²) in [5, 5.41) is 4.57. The molecule has 3 heterocycles. The number of pyridine rings is 1. The van der Waals surface area contributed by atoms with Gasteiger partial charge in [0.1, 0.15) is 5.82 Å². The third-order valence-corrected chi connectivity index (χ3v) is 5.47. The number of fused-ring (bicyclic) bond motifs is 1. The Morgan fingerprint density at radius 1 is 1.14 bits per heavy atom. The Labute approximate surface area is 218 Å². The number of benzene rings is 1. The molecule has 3 aromatic rings. The number of aryl methyl sites for hydroxylation is 2. The molecule has 6 nitrogen and oxygen atoms in total. The van der Waals surface area contributed by atoms with Crippen LogP contribution in [0.2, 0.25) is 0 Å². The second-order valence-electron chi connectivity index (χ2n) is 8.90. The molecule has 0 amide bonds. The molecule has 196 valence electrons. The Hall–Kier alpha value is -3.81. The van der Waals surface area contributed by atoms with Crippen molar-refractivity contribution in [2.24, 2.45) is 0 Å². The van der Waals surface area contributed by atoms with Crippen LogP contribution in [0.5, 0.6) is 5.75 Å². The first-order valence-electron chi connectivity index (χ1n) is 12.6. The van der Waals surface area contributed by atoms with Crippen molar-refractivity contribution in [2.45, 2.75) is 59.4 Å². The summed E-state index contributed by atoms with van der Waals surface area (Å²) in [4.78, 5) is 11.3. The van der Waals surface area contributed by atoms with E-state index < -0.39 is 11.6 Å².